The van der Waals surface area contributed by atoms with Crippen LogP contribution in [0.4, 0.5) is 5.69 Å². The van der Waals surface area contributed by atoms with Gasteiger partial charge in [-0.1, -0.05) is 11.6 Å². The van der Waals surface area contributed by atoms with Crippen LogP contribution in [-0.2, 0) is 0 Å². The number of carboxylic acid groups (broad SMARTS) is 1. The van der Waals surface area contributed by atoms with Gasteiger partial charge in [0.05, 0.1) is 11.3 Å². The molecule has 0 aliphatic carbocycles. The Bertz CT molecular complexity index is 692. The summed E-state index contributed by atoms with van der Waals surface area (Å²) in [7, 11) is 0. The Morgan fingerprint density at radius 1 is 1.25 bits per heavy atom. The third-order valence-electron chi connectivity index (χ3n) is 2.78. The van der Waals surface area contributed by atoms with Gasteiger partial charge in [-0.05, 0) is 48.0 Å². The topological polar surface area (TPSA) is 82.2 Å². The molecular formula is C14H13BrN2O3. The summed E-state index contributed by atoms with van der Waals surface area (Å²) in [5.74, 6) is -1.47. The number of aromatic amines is 1. The highest BCUT2D eigenvalue weighted by Crippen LogP contribution is 2.22. The number of hydrogen-bond donors (Lipinski definition) is 3. The van der Waals surface area contributed by atoms with Crippen molar-refractivity contribution in [2.45, 2.75) is 13.8 Å². The maximum atomic E-state index is 12.2. The molecule has 0 spiro atoms. The molecular weight excluding hydrogens is 324 g/mol. The standard InChI is InChI=1S/C14H13BrN2O3/c1-7-3-4-10(15)9(5-7)13(18)17-11-6-8(2)16-12(11)14(19)20/h3-6,16H,1-2H3,(H,17,18)(H,19,20). The number of rotatable bonds is 3. The highest BCUT2D eigenvalue weighted by atomic mass is 79.9. The van der Waals surface area contributed by atoms with Crippen molar-refractivity contribution in [3.05, 3.63) is 51.3 Å². The van der Waals surface area contributed by atoms with Crippen LogP contribution >= 0.6 is 15.9 Å². The van der Waals surface area contributed by atoms with E-state index in [-0.39, 0.29) is 17.3 Å². The molecule has 1 aromatic heterocycles. The Labute approximate surface area is 124 Å². The average Bonchev–Trinajstić information content (AvgIpc) is 2.73. The molecule has 0 saturated carbocycles. The molecule has 1 amide bonds. The van der Waals surface area contributed by atoms with Gasteiger partial charge in [0, 0.05) is 10.2 Å². The van der Waals surface area contributed by atoms with Gasteiger partial charge in [-0.2, -0.15) is 0 Å². The van der Waals surface area contributed by atoms with Crippen molar-refractivity contribution in [3.63, 3.8) is 0 Å². The van der Waals surface area contributed by atoms with Crippen LogP contribution in [0, 0.1) is 13.8 Å². The number of nitrogens with one attached hydrogen (secondary N) is 2. The molecule has 1 heterocycles. The quantitative estimate of drug-likeness (QED) is 0.803. The number of H-pyrrole nitrogens is 1. The SMILES string of the molecule is Cc1ccc(Br)c(C(=O)Nc2cc(C)[nH]c2C(=O)O)c1. The second-order valence-electron chi connectivity index (χ2n) is 4.48. The monoisotopic (exact) mass is 336 g/mol. The van der Waals surface area contributed by atoms with Crippen molar-refractivity contribution >= 4 is 33.5 Å². The van der Waals surface area contributed by atoms with Crippen molar-refractivity contribution in [1.82, 2.24) is 4.98 Å². The number of anilines is 1. The first-order chi connectivity index (χ1) is 9.38. The summed E-state index contributed by atoms with van der Waals surface area (Å²) in [6.07, 6.45) is 0. The molecule has 0 aliphatic heterocycles. The first-order valence-corrected chi connectivity index (χ1v) is 6.68. The fourth-order valence-electron chi connectivity index (χ4n) is 1.86. The van der Waals surface area contributed by atoms with Crippen molar-refractivity contribution in [3.8, 4) is 0 Å². The van der Waals surface area contributed by atoms with Crippen LogP contribution in [0.3, 0.4) is 0 Å². The Morgan fingerprint density at radius 3 is 2.60 bits per heavy atom. The third-order valence-corrected chi connectivity index (χ3v) is 3.47. The number of aryl methyl sites for hydroxylation is 2. The second-order valence-corrected chi connectivity index (χ2v) is 5.34. The van der Waals surface area contributed by atoms with E-state index in [0.717, 1.165) is 5.56 Å². The Balaban J connectivity index is 2.32. The summed E-state index contributed by atoms with van der Waals surface area (Å²) < 4.78 is 0.657. The van der Waals surface area contributed by atoms with Gasteiger partial charge >= 0.3 is 5.97 Å². The minimum Gasteiger partial charge on any atom is -0.477 e. The van der Waals surface area contributed by atoms with Crippen LogP contribution in [0.15, 0.2) is 28.7 Å². The van der Waals surface area contributed by atoms with Gasteiger partial charge in [0.2, 0.25) is 0 Å². The van der Waals surface area contributed by atoms with Crippen LogP contribution in [0.5, 0.6) is 0 Å². The molecule has 0 saturated heterocycles. The van der Waals surface area contributed by atoms with E-state index >= 15 is 0 Å². The molecule has 0 unspecified atom stereocenters. The molecule has 0 atom stereocenters. The number of halogens is 1. The van der Waals surface area contributed by atoms with Crippen molar-refractivity contribution in [2.75, 3.05) is 5.32 Å². The molecule has 1 aromatic carbocycles. The van der Waals surface area contributed by atoms with E-state index in [4.69, 9.17) is 5.11 Å². The number of aromatic carboxylic acids is 1. The van der Waals surface area contributed by atoms with Gasteiger partial charge in [0.1, 0.15) is 5.69 Å². The highest BCUT2D eigenvalue weighted by molar-refractivity contribution is 9.10. The lowest BCUT2D eigenvalue weighted by Gasteiger charge is -2.07. The fourth-order valence-corrected chi connectivity index (χ4v) is 2.29. The number of aromatic nitrogens is 1. The predicted octanol–water partition coefficient (Wildman–Crippen LogP) is 3.34. The fraction of sp³-hybridized carbons (Fsp3) is 0.143. The van der Waals surface area contributed by atoms with Crippen LogP contribution < -0.4 is 5.32 Å². The van der Waals surface area contributed by atoms with E-state index in [0.29, 0.717) is 15.7 Å². The summed E-state index contributed by atoms with van der Waals surface area (Å²) in [5, 5.41) is 11.7. The van der Waals surface area contributed by atoms with Gasteiger partial charge in [-0.3, -0.25) is 4.79 Å². The molecule has 0 bridgehead atoms. The maximum absolute atomic E-state index is 12.2. The second kappa shape index (κ2) is 5.50. The Hall–Kier alpha value is -2.08. The van der Waals surface area contributed by atoms with Crippen LogP contribution in [0.25, 0.3) is 0 Å². The van der Waals surface area contributed by atoms with Crippen LogP contribution in [0.2, 0.25) is 0 Å². The van der Waals surface area contributed by atoms with Gasteiger partial charge in [-0.15, -0.1) is 0 Å². The zero-order valence-corrected chi connectivity index (χ0v) is 12.5. The van der Waals surface area contributed by atoms with Gasteiger partial charge in [0.15, 0.2) is 0 Å². The van der Waals surface area contributed by atoms with E-state index in [1.807, 2.05) is 13.0 Å². The summed E-state index contributed by atoms with van der Waals surface area (Å²) in [6, 6.07) is 6.99. The molecule has 20 heavy (non-hydrogen) atoms. The molecule has 0 radical (unpaired) electrons. The number of carboxylic acids is 1. The van der Waals surface area contributed by atoms with Crippen LogP contribution in [-0.4, -0.2) is 22.0 Å². The number of amides is 1. The zero-order valence-electron chi connectivity index (χ0n) is 11.0. The maximum Gasteiger partial charge on any atom is 0.354 e. The van der Waals surface area contributed by atoms with Gasteiger partial charge in [-0.25, -0.2) is 4.79 Å². The molecule has 0 aliphatic rings. The minimum atomic E-state index is -1.11. The molecule has 104 valence electrons. The Kier molecular flexibility index (Phi) is 3.94. The largest absolute Gasteiger partial charge is 0.477 e. The highest BCUT2D eigenvalue weighted by Gasteiger charge is 2.17. The number of carbonyl (C=O) groups is 2. The van der Waals surface area contributed by atoms with Crippen molar-refractivity contribution in [2.24, 2.45) is 0 Å². The predicted molar refractivity (Wildman–Crippen MR) is 79.3 cm³/mol. The smallest absolute Gasteiger partial charge is 0.354 e. The first-order valence-electron chi connectivity index (χ1n) is 5.89. The first kappa shape index (κ1) is 14.3. The van der Waals surface area contributed by atoms with E-state index in [1.165, 1.54) is 0 Å². The third kappa shape index (κ3) is 2.91. The molecule has 2 aromatic rings. The van der Waals surface area contributed by atoms with E-state index in [9.17, 15) is 9.59 Å². The zero-order chi connectivity index (χ0) is 14.9. The normalized spacial score (nSPS) is 10.3. The molecule has 5 nitrogen and oxygen atoms in total. The van der Waals surface area contributed by atoms with Crippen molar-refractivity contribution < 1.29 is 14.7 Å². The lowest BCUT2D eigenvalue weighted by atomic mass is 10.1. The minimum absolute atomic E-state index is 0.0281. The lowest BCUT2D eigenvalue weighted by Crippen LogP contribution is -2.14. The molecule has 2 rings (SSSR count). The number of benzene rings is 1. The summed E-state index contributed by atoms with van der Waals surface area (Å²) in [4.78, 5) is 26.0. The summed E-state index contributed by atoms with van der Waals surface area (Å²) >= 11 is 3.31. The van der Waals surface area contributed by atoms with E-state index in [1.54, 1.807) is 25.1 Å². The summed E-state index contributed by atoms with van der Waals surface area (Å²) in [6.45, 7) is 3.61. The molecule has 0 fully saturated rings. The number of carbonyl (C=O) groups excluding carboxylic acids is 1. The molecule has 6 heteroatoms. The number of hydrogen-bond acceptors (Lipinski definition) is 2. The van der Waals surface area contributed by atoms with Crippen molar-refractivity contribution in [1.29, 1.82) is 0 Å². The summed E-state index contributed by atoms with van der Waals surface area (Å²) in [5.41, 5.74) is 2.30. The molecule has 3 N–H and O–H groups in total. The van der Waals surface area contributed by atoms with E-state index < -0.39 is 5.97 Å². The lowest BCUT2D eigenvalue weighted by molar-refractivity contribution is 0.0692. The van der Waals surface area contributed by atoms with Gasteiger partial charge < -0.3 is 15.4 Å². The van der Waals surface area contributed by atoms with Crippen LogP contribution in [0.1, 0.15) is 32.1 Å². The van der Waals surface area contributed by atoms with E-state index in [2.05, 4.69) is 26.2 Å². The Morgan fingerprint density at radius 2 is 1.95 bits per heavy atom. The van der Waals surface area contributed by atoms with Gasteiger partial charge in [0.25, 0.3) is 5.91 Å². The average molecular weight is 337 g/mol.